The summed E-state index contributed by atoms with van der Waals surface area (Å²) in [5, 5.41) is 13.1. The van der Waals surface area contributed by atoms with Crippen LogP contribution in [0.3, 0.4) is 0 Å². The third-order valence-electron chi connectivity index (χ3n) is 6.04. The summed E-state index contributed by atoms with van der Waals surface area (Å²) in [5.74, 6) is 1.04. The lowest BCUT2D eigenvalue weighted by Crippen LogP contribution is -2.48. The molecule has 0 spiro atoms. The molecule has 3 aromatic rings. The number of carbonyl (C=O) groups excluding carboxylic acids is 1. The molecule has 1 aliphatic rings. The molecule has 0 saturated carbocycles. The van der Waals surface area contributed by atoms with E-state index in [1.165, 1.54) is 0 Å². The lowest BCUT2D eigenvalue weighted by molar-refractivity contribution is 0.0571. The Bertz CT molecular complexity index is 1190. The van der Waals surface area contributed by atoms with Gasteiger partial charge in [0.05, 0.1) is 41.5 Å². The van der Waals surface area contributed by atoms with Crippen molar-refractivity contribution >= 4 is 29.0 Å². The molecule has 0 radical (unpaired) electrons. The molecule has 1 saturated heterocycles. The summed E-state index contributed by atoms with van der Waals surface area (Å²) in [4.78, 5) is 26.4. The van der Waals surface area contributed by atoms with Gasteiger partial charge < -0.3 is 25.0 Å². The molecule has 35 heavy (non-hydrogen) atoms. The van der Waals surface area contributed by atoms with Crippen LogP contribution in [0.15, 0.2) is 48.8 Å². The minimum Gasteiger partial charge on any atom is -0.508 e. The van der Waals surface area contributed by atoms with E-state index < -0.39 is 0 Å². The fourth-order valence-corrected chi connectivity index (χ4v) is 4.57. The van der Waals surface area contributed by atoms with Gasteiger partial charge in [-0.1, -0.05) is 11.6 Å². The highest BCUT2D eigenvalue weighted by Crippen LogP contribution is 2.34. The van der Waals surface area contributed by atoms with Crippen LogP contribution in [-0.2, 0) is 0 Å². The van der Waals surface area contributed by atoms with Gasteiger partial charge in [0.2, 0.25) is 0 Å². The lowest BCUT2D eigenvalue weighted by atomic mass is 10.00. The summed E-state index contributed by atoms with van der Waals surface area (Å²) in [6.45, 7) is 1.54. The number of hydrogen-bond acceptors (Lipinski definition) is 7. The van der Waals surface area contributed by atoms with Crippen LogP contribution in [0.4, 0.5) is 11.5 Å². The van der Waals surface area contributed by atoms with Gasteiger partial charge in [-0.3, -0.25) is 9.78 Å². The number of methoxy groups -OCH3 is 1. The summed E-state index contributed by atoms with van der Waals surface area (Å²) in [5.41, 5.74) is 2.46. The average Bonchev–Trinajstić information content (AvgIpc) is 2.85. The second kappa shape index (κ2) is 10.9. The highest BCUT2D eigenvalue weighted by atomic mass is 35.5. The Hall–Kier alpha value is -3.36. The van der Waals surface area contributed by atoms with Crippen LogP contribution in [0.5, 0.6) is 11.5 Å². The number of anilines is 2. The molecule has 8 nitrogen and oxygen atoms in total. The third kappa shape index (κ3) is 5.83. The maximum absolute atomic E-state index is 13.5. The Kier molecular flexibility index (Phi) is 7.73. The minimum absolute atomic E-state index is 0.0732. The SMILES string of the molecule is COc1cc(Nc2cncc(-c3ccc(O)cc3)n2)c(Cl)cc1C(=O)N1CCCCC1CN(C)C. The van der Waals surface area contributed by atoms with Crippen LogP contribution < -0.4 is 10.1 Å². The Balaban J connectivity index is 1.59. The van der Waals surface area contributed by atoms with Crippen molar-refractivity contribution in [2.75, 3.05) is 39.6 Å². The van der Waals surface area contributed by atoms with E-state index in [1.54, 1.807) is 55.9 Å². The molecular weight excluding hydrogens is 466 g/mol. The van der Waals surface area contributed by atoms with Gasteiger partial charge in [0, 0.05) is 30.8 Å². The monoisotopic (exact) mass is 495 g/mol. The number of phenols is 1. The first-order chi connectivity index (χ1) is 16.9. The number of amides is 1. The third-order valence-corrected chi connectivity index (χ3v) is 6.36. The van der Waals surface area contributed by atoms with E-state index in [4.69, 9.17) is 16.3 Å². The second-order valence-corrected chi connectivity index (χ2v) is 9.31. The smallest absolute Gasteiger partial charge is 0.257 e. The van der Waals surface area contributed by atoms with E-state index >= 15 is 0 Å². The van der Waals surface area contributed by atoms with Crippen LogP contribution >= 0.6 is 11.6 Å². The zero-order chi connectivity index (χ0) is 24.9. The Morgan fingerprint density at radius 3 is 2.71 bits per heavy atom. The Morgan fingerprint density at radius 2 is 2.00 bits per heavy atom. The van der Waals surface area contributed by atoms with Crippen LogP contribution in [0.25, 0.3) is 11.3 Å². The summed E-state index contributed by atoms with van der Waals surface area (Å²) >= 11 is 6.61. The average molecular weight is 496 g/mol. The zero-order valence-electron chi connectivity index (χ0n) is 20.2. The standard InChI is InChI=1S/C26H30ClN5O3/c1-31(2)16-18-6-4-5-11-32(18)26(34)20-12-21(27)22(13-24(20)35-3)29-25-15-28-14-23(30-25)17-7-9-19(33)10-8-17/h7-10,12-15,18,33H,4-6,11,16H2,1-3H3,(H,29,30). The van der Waals surface area contributed by atoms with Gasteiger partial charge in [-0.15, -0.1) is 0 Å². The molecular formula is C26H30ClN5O3. The fourth-order valence-electron chi connectivity index (χ4n) is 4.35. The van der Waals surface area contributed by atoms with Crippen molar-refractivity contribution in [3.8, 4) is 22.8 Å². The van der Waals surface area contributed by atoms with E-state index in [0.717, 1.165) is 37.9 Å². The van der Waals surface area contributed by atoms with Crippen molar-refractivity contribution in [3.05, 3.63) is 59.4 Å². The second-order valence-electron chi connectivity index (χ2n) is 8.90. The maximum Gasteiger partial charge on any atom is 0.257 e. The van der Waals surface area contributed by atoms with E-state index in [9.17, 15) is 9.90 Å². The molecule has 0 bridgehead atoms. The molecule has 9 heteroatoms. The number of ether oxygens (including phenoxy) is 1. The number of likely N-dealkylation sites (N-methyl/N-ethyl adjacent to an activating group) is 1. The quantitative estimate of drug-likeness (QED) is 0.486. The molecule has 0 aliphatic carbocycles. The maximum atomic E-state index is 13.5. The number of nitrogens with one attached hydrogen (secondary N) is 1. The molecule has 2 heterocycles. The minimum atomic E-state index is -0.0732. The van der Waals surface area contributed by atoms with Crippen molar-refractivity contribution in [1.29, 1.82) is 0 Å². The summed E-state index contributed by atoms with van der Waals surface area (Å²) in [7, 11) is 5.59. The summed E-state index contributed by atoms with van der Waals surface area (Å²) in [6.07, 6.45) is 6.32. The van der Waals surface area contributed by atoms with Gasteiger partial charge in [0.15, 0.2) is 0 Å². The van der Waals surface area contributed by atoms with Crippen molar-refractivity contribution in [2.24, 2.45) is 0 Å². The number of phenolic OH excluding ortho intramolecular Hbond substituents is 1. The van der Waals surface area contributed by atoms with E-state index in [0.29, 0.717) is 33.5 Å². The van der Waals surface area contributed by atoms with E-state index in [-0.39, 0.29) is 17.7 Å². The van der Waals surface area contributed by atoms with Crippen molar-refractivity contribution in [1.82, 2.24) is 19.8 Å². The first kappa shape index (κ1) is 24.8. The fraction of sp³-hybridized carbons (Fsp3) is 0.346. The highest BCUT2D eigenvalue weighted by Gasteiger charge is 2.30. The van der Waals surface area contributed by atoms with E-state index in [1.807, 2.05) is 19.0 Å². The van der Waals surface area contributed by atoms with Crippen LogP contribution in [0.2, 0.25) is 5.02 Å². The molecule has 2 N–H and O–H groups in total. The first-order valence-electron chi connectivity index (χ1n) is 11.6. The van der Waals surface area contributed by atoms with Crippen molar-refractivity contribution in [3.63, 3.8) is 0 Å². The number of halogens is 1. The van der Waals surface area contributed by atoms with Gasteiger partial charge in [0.1, 0.15) is 17.3 Å². The van der Waals surface area contributed by atoms with E-state index in [2.05, 4.69) is 20.2 Å². The topological polar surface area (TPSA) is 90.8 Å². The number of piperidine rings is 1. The first-order valence-corrected chi connectivity index (χ1v) is 11.9. The number of likely N-dealkylation sites (tertiary alicyclic amines) is 1. The summed E-state index contributed by atoms with van der Waals surface area (Å²) in [6, 6.07) is 10.3. The highest BCUT2D eigenvalue weighted by molar-refractivity contribution is 6.33. The zero-order valence-corrected chi connectivity index (χ0v) is 20.9. The predicted octanol–water partition coefficient (Wildman–Crippen LogP) is 4.81. The van der Waals surface area contributed by atoms with Crippen LogP contribution in [0.1, 0.15) is 29.6 Å². The predicted molar refractivity (Wildman–Crippen MR) is 138 cm³/mol. The molecule has 2 aromatic carbocycles. The molecule has 1 aliphatic heterocycles. The van der Waals surface area contributed by atoms with Gasteiger partial charge in [-0.05, 0) is 63.7 Å². The van der Waals surface area contributed by atoms with Crippen LogP contribution in [-0.4, -0.2) is 71.1 Å². The normalized spacial score (nSPS) is 15.8. The number of benzene rings is 2. The number of aromatic hydroxyl groups is 1. The lowest BCUT2D eigenvalue weighted by Gasteiger charge is -2.37. The van der Waals surface area contributed by atoms with Gasteiger partial charge in [-0.2, -0.15) is 0 Å². The van der Waals surface area contributed by atoms with Crippen molar-refractivity contribution in [2.45, 2.75) is 25.3 Å². The van der Waals surface area contributed by atoms with Crippen LogP contribution in [0, 0.1) is 0 Å². The number of carbonyl (C=O) groups is 1. The summed E-state index contributed by atoms with van der Waals surface area (Å²) < 4.78 is 5.59. The molecule has 184 valence electrons. The largest absolute Gasteiger partial charge is 0.508 e. The molecule has 1 atom stereocenters. The number of hydrogen-bond donors (Lipinski definition) is 2. The molecule has 1 unspecified atom stereocenters. The number of rotatable bonds is 7. The number of aromatic nitrogens is 2. The Labute approximate surface area is 210 Å². The molecule has 1 fully saturated rings. The van der Waals surface area contributed by atoms with Gasteiger partial charge in [0.25, 0.3) is 5.91 Å². The van der Waals surface area contributed by atoms with Crippen molar-refractivity contribution < 1.29 is 14.6 Å². The van der Waals surface area contributed by atoms with Gasteiger partial charge >= 0.3 is 0 Å². The number of nitrogens with zero attached hydrogens (tertiary/aromatic N) is 4. The Morgan fingerprint density at radius 1 is 1.23 bits per heavy atom. The van der Waals surface area contributed by atoms with Gasteiger partial charge in [-0.25, -0.2) is 4.98 Å². The molecule has 1 aromatic heterocycles. The molecule has 1 amide bonds. The molecule has 4 rings (SSSR count).